The highest BCUT2D eigenvalue weighted by atomic mass is 16.5. The Morgan fingerprint density at radius 3 is 2.00 bits per heavy atom. The van der Waals surface area contributed by atoms with Crippen LogP contribution in [-0.4, -0.2) is 18.4 Å². The van der Waals surface area contributed by atoms with Crippen LogP contribution in [0.25, 0.3) is 0 Å². The minimum atomic E-state index is -0.278. The zero-order valence-electron chi connectivity index (χ0n) is 17.6. The van der Waals surface area contributed by atoms with E-state index in [2.05, 4.69) is 13.8 Å². The van der Waals surface area contributed by atoms with Crippen LogP contribution in [-0.2, 0) is 9.53 Å². The third kappa shape index (κ3) is 3.65. The van der Waals surface area contributed by atoms with Crippen LogP contribution in [0.4, 0.5) is 0 Å². The fraction of sp³-hybridized carbons (Fsp3) is 0.680. The number of ether oxygens (including phenoxy) is 1. The third-order valence-electron chi connectivity index (χ3n) is 7.69. The first-order chi connectivity index (χ1) is 13.4. The largest absolute Gasteiger partial charge is 0.462 e. The van der Waals surface area contributed by atoms with E-state index in [0.29, 0.717) is 30.3 Å². The zero-order chi connectivity index (χ0) is 19.9. The highest BCUT2D eigenvalue weighted by Gasteiger charge is 2.54. The predicted molar refractivity (Wildman–Crippen MR) is 110 cm³/mol. The summed E-state index contributed by atoms with van der Waals surface area (Å²) in [6.07, 6.45) is 8.18. The van der Waals surface area contributed by atoms with E-state index in [4.69, 9.17) is 4.74 Å². The topological polar surface area (TPSA) is 43.4 Å². The molecule has 5 rings (SSSR count). The summed E-state index contributed by atoms with van der Waals surface area (Å²) >= 11 is 0. The quantitative estimate of drug-likeness (QED) is 0.562. The average Bonchev–Trinajstić information content (AvgIpc) is 2.65. The number of Topliss-reactive ketones (excluding diaryl/α,β-unsaturated/α-hetero) is 1. The number of carbonyl (C=O) groups excluding carboxylic acids is 2. The Morgan fingerprint density at radius 2 is 1.54 bits per heavy atom. The second-order valence-corrected chi connectivity index (χ2v) is 10.0. The number of carbonyl (C=O) groups is 2. The Balaban J connectivity index is 1.50. The molecule has 4 aliphatic carbocycles. The Labute approximate surface area is 169 Å². The fourth-order valence-corrected chi connectivity index (χ4v) is 6.69. The molecule has 0 aliphatic heterocycles. The van der Waals surface area contributed by atoms with Crippen molar-refractivity contribution in [3.05, 3.63) is 35.4 Å². The van der Waals surface area contributed by atoms with Crippen molar-refractivity contribution in [1.29, 1.82) is 0 Å². The summed E-state index contributed by atoms with van der Waals surface area (Å²) in [5, 5.41) is 0. The molecule has 0 spiro atoms. The molecule has 1 aromatic carbocycles. The van der Waals surface area contributed by atoms with Crippen LogP contribution in [0.3, 0.4) is 0 Å². The molecule has 1 unspecified atom stereocenters. The zero-order valence-corrected chi connectivity index (χ0v) is 17.6. The molecule has 4 fully saturated rings. The number of benzene rings is 1. The van der Waals surface area contributed by atoms with Crippen LogP contribution < -0.4 is 0 Å². The summed E-state index contributed by atoms with van der Waals surface area (Å²) in [7, 11) is 0. The molecule has 152 valence electrons. The molecule has 0 saturated heterocycles. The van der Waals surface area contributed by atoms with Gasteiger partial charge in [0.15, 0.2) is 0 Å². The molecule has 3 heteroatoms. The maximum atomic E-state index is 13.6. The van der Waals surface area contributed by atoms with Crippen molar-refractivity contribution in [2.75, 3.05) is 6.61 Å². The van der Waals surface area contributed by atoms with Gasteiger partial charge in [-0.25, -0.2) is 4.79 Å². The number of hydrogen-bond acceptors (Lipinski definition) is 3. The van der Waals surface area contributed by atoms with Gasteiger partial charge < -0.3 is 4.74 Å². The lowest BCUT2D eigenvalue weighted by Crippen LogP contribution is -2.50. The number of hydrogen-bond donors (Lipinski definition) is 0. The lowest BCUT2D eigenvalue weighted by atomic mass is 9.48. The van der Waals surface area contributed by atoms with Gasteiger partial charge >= 0.3 is 5.97 Å². The van der Waals surface area contributed by atoms with Crippen molar-refractivity contribution < 1.29 is 14.3 Å². The molecule has 4 bridgehead atoms. The van der Waals surface area contributed by atoms with Crippen LogP contribution in [0.1, 0.15) is 87.6 Å². The van der Waals surface area contributed by atoms with Crippen LogP contribution >= 0.6 is 0 Å². The molecule has 0 N–H and O–H groups in total. The van der Waals surface area contributed by atoms with Crippen molar-refractivity contribution >= 4 is 11.8 Å². The van der Waals surface area contributed by atoms with Gasteiger partial charge in [-0.2, -0.15) is 0 Å². The van der Waals surface area contributed by atoms with Crippen LogP contribution in [0.15, 0.2) is 24.3 Å². The monoisotopic (exact) mass is 382 g/mol. The molecule has 0 amide bonds. The Hall–Kier alpha value is -1.64. The first-order valence-corrected chi connectivity index (χ1v) is 11.2. The minimum absolute atomic E-state index is 0.0211. The van der Waals surface area contributed by atoms with Gasteiger partial charge in [0.1, 0.15) is 5.78 Å². The Morgan fingerprint density at radius 1 is 1.00 bits per heavy atom. The van der Waals surface area contributed by atoms with Gasteiger partial charge in [-0.3, -0.25) is 4.79 Å². The molecule has 4 saturated carbocycles. The molecular formula is C25H34O3. The van der Waals surface area contributed by atoms with Gasteiger partial charge in [-0.15, -0.1) is 0 Å². The molecular weight excluding hydrogens is 348 g/mol. The molecule has 0 aromatic heterocycles. The van der Waals surface area contributed by atoms with Crippen LogP contribution in [0, 0.1) is 29.1 Å². The summed E-state index contributed by atoms with van der Waals surface area (Å²) in [4.78, 5) is 25.5. The second-order valence-electron chi connectivity index (χ2n) is 10.0. The first-order valence-electron chi connectivity index (χ1n) is 11.2. The Bertz CT molecular complexity index is 695. The van der Waals surface area contributed by atoms with Gasteiger partial charge in [-0.05, 0) is 92.7 Å². The smallest absolute Gasteiger partial charge is 0.338 e. The summed E-state index contributed by atoms with van der Waals surface area (Å²) in [6, 6.07) is 7.73. The van der Waals surface area contributed by atoms with Gasteiger partial charge in [0.2, 0.25) is 0 Å². The van der Waals surface area contributed by atoms with Crippen molar-refractivity contribution in [2.45, 2.75) is 71.6 Å². The van der Waals surface area contributed by atoms with Gasteiger partial charge in [0.05, 0.1) is 12.2 Å². The Kier molecular flexibility index (Phi) is 5.37. The van der Waals surface area contributed by atoms with Crippen molar-refractivity contribution in [3.8, 4) is 0 Å². The first kappa shape index (κ1) is 19.7. The van der Waals surface area contributed by atoms with E-state index in [1.54, 1.807) is 0 Å². The summed E-state index contributed by atoms with van der Waals surface area (Å²) in [5.74, 6) is 3.26. The van der Waals surface area contributed by atoms with E-state index in [1.807, 2.05) is 31.2 Å². The van der Waals surface area contributed by atoms with Crippen molar-refractivity contribution in [1.82, 2.24) is 0 Å². The maximum Gasteiger partial charge on any atom is 0.338 e. The van der Waals surface area contributed by atoms with Crippen molar-refractivity contribution in [3.63, 3.8) is 0 Å². The predicted octanol–water partition coefficient (Wildman–Crippen LogP) is 5.78. The molecule has 3 nitrogen and oxygen atoms in total. The SMILES string of the molecule is CCOC(=O)c1ccc(C(CC(=O)C23CC4CC(CC(C4)C2)C3)C(C)C)cc1. The van der Waals surface area contributed by atoms with Crippen LogP contribution in [0.5, 0.6) is 0 Å². The highest BCUT2D eigenvalue weighted by Crippen LogP contribution is 2.61. The summed E-state index contributed by atoms with van der Waals surface area (Å²) in [6.45, 7) is 6.61. The van der Waals surface area contributed by atoms with E-state index in [-0.39, 0.29) is 17.3 Å². The van der Waals surface area contributed by atoms with E-state index in [9.17, 15) is 9.59 Å². The van der Waals surface area contributed by atoms with E-state index in [1.165, 1.54) is 24.8 Å². The standard InChI is InChI=1S/C25H34O3/c1-4-28-24(27)21-7-5-20(6-8-21)22(16(2)3)12-23(26)25-13-17-9-18(14-25)11-19(10-17)15-25/h5-8,16-19,22H,4,9-15H2,1-3H3. The number of ketones is 1. The highest BCUT2D eigenvalue weighted by molar-refractivity contribution is 5.89. The summed E-state index contributed by atoms with van der Waals surface area (Å²) in [5.41, 5.74) is 1.73. The van der Waals surface area contributed by atoms with Crippen molar-refractivity contribution in [2.24, 2.45) is 29.1 Å². The maximum absolute atomic E-state index is 13.6. The molecule has 1 aromatic rings. The molecule has 0 heterocycles. The van der Waals surface area contributed by atoms with E-state index in [0.717, 1.165) is 37.0 Å². The van der Waals surface area contributed by atoms with E-state index < -0.39 is 0 Å². The van der Waals surface area contributed by atoms with Gasteiger partial charge in [0, 0.05) is 11.8 Å². The van der Waals surface area contributed by atoms with Gasteiger partial charge in [0.25, 0.3) is 0 Å². The lowest BCUT2D eigenvalue weighted by molar-refractivity contribution is -0.144. The number of esters is 1. The molecule has 0 radical (unpaired) electrons. The molecule has 1 atom stereocenters. The molecule has 4 aliphatic rings. The lowest BCUT2D eigenvalue weighted by Gasteiger charge is -2.56. The second kappa shape index (κ2) is 7.65. The van der Waals surface area contributed by atoms with Crippen LogP contribution in [0.2, 0.25) is 0 Å². The molecule has 28 heavy (non-hydrogen) atoms. The normalized spacial score (nSPS) is 31.8. The fourth-order valence-electron chi connectivity index (χ4n) is 6.69. The minimum Gasteiger partial charge on any atom is -0.462 e. The van der Waals surface area contributed by atoms with E-state index >= 15 is 0 Å². The third-order valence-corrected chi connectivity index (χ3v) is 7.69. The number of rotatable bonds is 7. The summed E-state index contributed by atoms with van der Waals surface area (Å²) < 4.78 is 5.08. The van der Waals surface area contributed by atoms with Gasteiger partial charge in [-0.1, -0.05) is 26.0 Å². The average molecular weight is 383 g/mol.